The molecule has 0 aliphatic carbocycles. The molecule has 0 saturated heterocycles. The molecule has 0 unspecified atom stereocenters. The lowest BCUT2D eigenvalue weighted by Gasteiger charge is -2.10. The summed E-state index contributed by atoms with van der Waals surface area (Å²) in [5, 5.41) is 3.20. The Balaban J connectivity index is 1.57. The molecule has 0 bridgehead atoms. The average molecular weight is 383 g/mol. The van der Waals surface area contributed by atoms with Gasteiger partial charge in [0.25, 0.3) is 0 Å². The molecule has 7 heteroatoms. The van der Waals surface area contributed by atoms with Crippen molar-refractivity contribution < 1.29 is 13.2 Å². The van der Waals surface area contributed by atoms with Gasteiger partial charge in [0.1, 0.15) is 11.6 Å². The number of sulfonamides is 1. The third-order valence-corrected chi connectivity index (χ3v) is 5.17. The van der Waals surface area contributed by atoms with Gasteiger partial charge in [-0.05, 0) is 48.4 Å². The monoisotopic (exact) mass is 383 g/mol. The van der Waals surface area contributed by atoms with E-state index in [0.717, 1.165) is 22.7 Å². The van der Waals surface area contributed by atoms with Crippen LogP contribution in [-0.4, -0.2) is 26.3 Å². The molecular weight excluding hydrogens is 362 g/mol. The zero-order chi connectivity index (χ0) is 19.1. The minimum atomic E-state index is -3.46. The zero-order valence-electron chi connectivity index (χ0n) is 14.9. The van der Waals surface area contributed by atoms with Crippen LogP contribution in [0.2, 0.25) is 0 Å². The minimum absolute atomic E-state index is 0.00451. The first-order chi connectivity index (χ1) is 13.0. The van der Waals surface area contributed by atoms with Gasteiger partial charge in [0.05, 0.1) is 24.7 Å². The van der Waals surface area contributed by atoms with E-state index in [9.17, 15) is 8.42 Å². The van der Waals surface area contributed by atoms with Crippen molar-refractivity contribution in [3.63, 3.8) is 0 Å². The largest absolute Gasteiger partial charge is 0.497 e. The molecule has 3 rings (SSSR count). The highest BCUT2D eigenvalue weighted by molar-refractivity contribution is 7.92. The fourth-order valence-corrected chi connectivity index (χ4v) is 3.52. The molecular formula is C20H21N3O3S. The van der Waals surface area contributed by atoms with Crippen molar-refractivity contribution in [3.05, 3.63) is 78.5 Å². The summed E-state index contributed by atoms with van der Waals surface area (Å²) in [5.74, 6) is 1.08. The molecule has 0 radical (unpaired) electrons. The SMILES string of the molecule is COc1ccc(Nc2ccc(NS(=O)(=O)CCc3ccccc3)nc2)cc1. The molecule has 2 aromatic carbocycles. The maximum absolute atomic E-state index is 12.2. The van der Waals surface area contributed by atoms with Crippen LogP contribution < -0.4 is 14.8 Å². The van der Waals surface area contributed by atoms with E-state index in [0.29, 0.717) is 12.2 Å². The van der Waals surface area contributed by atoms with Crippen molar-refractivity contribution in [3.8, 4) is 5.75 Å². The Hall–Kier alpha value is -3.06. The second-order valence-corrected chi connectivity index (χ2v) is 7.78. The minimum Gasteiger partial charge on any atom is -0.497 e. The van der Waals surface area contributed by atoms with Crippen molar-refractivity contribution in [1.29, 1.82) is 0 Å². The van der Waals surface area contributed by atoms with Crippen LogP contribution in [0, 0.1) is 0 Å². The van der Waals surface area contributed by atoms with Gasteiger partial charge in [-0.25, -0.2) is 13.4 Å². The van der Waals surface area contributed by atoms with Crippen molar-refractivity contribution in [1.82, 2.24) is 4.98 Å². The molecule has 1 heterocycles. The van der Waals surface area contributed by atoms with Gasteiger partial charge >= 0.3 is 0 Å². The van der Waals surface area contributed by atoms with E-state index in [2.05, 4.69) is 15.0 Å². The number of benzene rings is 2. The molecule has 2 N–H and O–H groups in total. The Bertz CT molecular complexity index is 958. The van der Waals surface area contributed by atoms with Crippen LogP contribution in [0.4, 0.5) is 17.2 Å². The molecule has 27 heavy (non-hydrogen) atoms. The number of anilines is 3. The van der Waals surface area contributed by atoms with Crippen molar-refractivity contribution >= 4 is 27.2 Å². The predicted molar refractivity (Wildman–Crippen MR) is 108 cm³/mol. The topological polar surface area (TPSA) is 80.3 Å². The van der Waals surface area contributed by atoms with Crippen LogP contribution in [0.3, 0.4) is 0 Å². The number of rotatable bonds is 8. The maximum Gasteiger partial charge on any atom is 0.234 e. The van der Waals surface area contributed by atoms with E-state index in [4.69, 9.17) is 4.74 Å². The van der Waals surface area contributed by atoms with Gasteiger partial charge in [0, 0.05) is 5.69 Å². The lowest BCUT2D eigenvalue weighted by molar-refractivity contribution is 0.415. The lowest BCUT2D eigenvalue weighted by Crippen LogP contribution is -2.18. The Morgan fingerprint density at radius 3 is 2.26 bits per heavy atom. The fourth-order valence-electron chi connectivity index (χ4n) is 2.48. The molecule has 0 saturated carbocycles. The van der Waals surface area contributed by atoms with Gasteiger partial charge in [-0.2, -0.15) is 0 Å². The van der Waals surface area contributed by atoms with Gasteiger partial charge < -0.3 is 10.1 Å². The van der Waals surface area contributed by atoms with E-state index in [1.807, 2.05) is 54.6 Å². The quantitative estimate of drug-likeness (QED) is 0.618. The number of pyridine rings is 1. The summed E-state index contributed by atoms with van der Waals surface area (Å²) in [6.07, 6.45) is 2.03. The van der Waals surface area contributed by atoms with Crippen LogP contribution in [0.25, 0.3) is 0 Å². The molecule has 0 atom stereocenters. The third-order valence-electron chi connectivity index (χ3n) is 3.90. The molecule has 0 spiro atoms. The van der Waals surface area contributed by atoms with E-state index in [1.165, 1.54) is 0 Å². The number of aromatic nitrogens is 1. The molecule has 140 valence electrons. The molecule has 0 aliphatic heterocycles. The third kappa shape index (κ3) is 5.72. The summed E-state index contributed by atoms with van der Waals surface area (Å²) < 4.78 is 32.1. The normalized spacial score (nSPS) is 11.0. The van der Waals surface area contributed by atoms with Gasteiger partial charge in [-0.3, -0.25) is 4.72 Å². The molecule has 6 nitrogen and oxygen atoms in total. The summed E-state index contributed by atoms with van der Waals surface area (Å²) in [6.45, 7) is 0. The maximum atomic E-state index is 12.2. The number of nitrogens with zero attached hydrogens (tertiary/aromatic N) is 1. The number of methoxy groups -OCH3 is 1. The first kappa shape index (κ1) is 18.7. The molecule has 1 aromatic heterocycles. The molecule has 0 fully saturated rings. The second kappa shape index (κ2) is 8.55. The van der Waals surface area contributed by atoms with Crippen molar-refractivity contribution in [2.45, 2.75) is 6.42 Å². The van der Waals surface area contributed by atoms with Gasteiger partial charge in [-0.1, -0.05) is 30.3 Å². The first-order valence-corrected chi connectivity index (χ1v) is 10.1. The van der Waals surface area contributed by atoms with E-state index < -0.39 is 10.0 Å². The number of nitrogens with one attached hydrogen (secondary N) is 2. The smallest absolute Gasteiger partial charge is 0.234 e. The van der Waals surface area contributed by atoms with Gasteiger partial charge in [0.2, 0.25) is 10.0 Å². The predicted octanol–water partition coefficient (Wildman–Crippen LogP) is 3.82. The number of hydrogen-bond donors (Lipinski definition) is 2. The van der Waals surface area contributed by atoms with Crippen LogP contribution in [0.15, 0.2) is 72.9 Å². The second-order valence-electron chi connectivity index (χ2n) is 5.94. The standard InChI is InChI=1S/C20H21N3O3S/c1-26-19-10-7-17(8-11-19)22-18-9-12-20(21-15-18)23-27(24,25)14-13-16-5-3-2-4-6-16/h2-12,15,22H,13-14H2,1H3,(H,21,23). The first-order valence-electron chi connectivity index (χ1n) is 8.46. The number of ether oxygens (including phenoxy) is 1. The van der Waals surface area contributed by atoms with Gasteiger partial charge in [-0.15, -0.1) is 0 Å². The zero-order valence-corrected chi connectivity index (χ0v) is 15.7. The number of hydrogen-bond acceptors (Lipinski definition) is 5. The van der Waals surface area contributed by atoms with Crippen LogP contribution in [0.5, 0.6) is 5.75 Å². The van der Waals surface area contributed by atoms with E-state index >= 15 is 0 Å². The Morgan fingerprint density at radius 2 is 1.63 bits per heavy atom. The Kier molecular flexibility index (Phi) is 5.93. The van der Waals surface area contributed by atoms with Crippen LogP contribution >= 0.6 is 0 Å². The number of aryl methyl sites for hydroxylation is 1. The van der Waals surface area contributed by atoms with Crippen LogP contribution in [0.1, 0.15) is 5.56 Å². The Labute approximate surface area is 159 Å². The van der Waals surface area contributed by atoms with E-state index in [1.54, 1.807) is 25.4 Å². The molecule has 0 aliphatic rings. The Morgan fingerprint density at radius 1 is 0.926 bits per heavy atom. The van der Waals surface area contributed by atoms with Gasteiger partial charge in [0.15, 0.2) is 0 Å². The summed E-state index contributed by atoms with van der Waals surface area (Å²) in [5.41, 5.74) is 2.62. The summed E-state index contributed by atoms with van der Waals surface area (Å²) in [4.78, 5) is 4.17. The van der Waals surface area contributed by atoms with Crippen molar-refractivity contribution in [2.75, 3.05) is 22.9 Å². The van der Waals surface area contributed by atoms with Crippen molar-refractivity contribution in [2.24, 2.45) is 0 Å². The molecule has 3 aromatic rings. The van der Waals surface area contributed by atoms with Crippen LogP contribution in [-0.2, 0) is 16.4 Å². The fraction of sp³-hybridized carbons (Fsp3) is 0.150. The average Bonchev–Trinajstić information content (AvgIpc) is 2.69. The lowest BCUT2D eigenvalue weighted by atomic mass is 10.2. The highest BCUT2D eigenvalue weighted by Crippen LogP contribution is 2.20. The highest BCUT2D eigenvalue weighted by atomic mass is 32.2. The highest BCUT2D eigenvalue weighted by Gasteiger charge is 2.11. The summed E-state index contributed by atoms with van der Waals surface area (Å²) in [6, 6.07) is 20.4. The summed E-state index contributed by atoms with van der Waals surface area (Å²) >= 11 is 0. The van der Waals surface area contributed by atoms with E-state index in [-0.39, 0.29) is 5.75 Å². The summed E-state index contributed by atoms with van der Waals surface area (Å²) in [7, 11) is -1.84. The molecule has 0 amide bonds.